The van der Waals surface area contributed by atoms with E-state index in [1.165, 1.54) is 0 Å². The highest BCUT2D eigenvalue weighted by Crippen LogP contribution is 2.27. The molecule has 0 saturated carbocycles. The average Bonchev–Trinajstić information content (AvgIpc) is 2.34. The van der Waals surface area contributed by atoms with Crippen LogP contribution in [0, 0.1) is 0 Å². The van der Waals surface area contributed by atoms with E-state index in [1.807, 2.05) is 0 Å². The maximum absolute atomic E-state index is 11.8. The number of piperazine rings is 1. The summed E-state index contributed by atoms with van der Waals surface area (Å²) in [6.07, 6.45) is 1.57. The molecule has 6 heteroatoms. The van der Waals surface area contributed by atoms with Crippen LogP contribution < -0.4 is 10.2 Å². The predicted molar refractivity (Wildman–Crippen MR) is 64.7 cm³/mol. The lowest BCUT2D eigenvalue weighted by molar-refractivity contribution is -0.135. The van der Waals surface area contributed by atoms with Crippen LogP contribution in [0.1, 0.15) is 19.4 Å². The second-order valence-electron chi connectivity index (χ2n) is 4.67. The molecule has 0 spiro atoms. The molecule has 1 aliphatic heterocycles. The van der Waals surface area contributed by atoms with Crippen molar-refractivity contribution in [2.24, 2.45) is 0 Å². The first kappa shape index (κ1) is 12.5. The smallest absolute Gasteiger partial charge is 0.251 e. The molecular formula is C12H15N3O3. The number of hydrogen-bond donors (Lipinski definition) is 2. The second kappa shape index (κ2) is 4.38. The van der Waals surface area contributed by atoms with E-state index in [9.17, 15) is 14.7 Å². The Kier molecular flexibility index (Phi) is 3.04. The molecule has 2 amide bonds. The van der Waals surface area contributed by atoms with Gasteiger partial charge in [-0.1, -0.05) is 6.07 Å². The lowest BCUT2D eigenvalue weighted by Crippen LogP contribution is -2.64. The molecule has 6 nitrogen and oxygen atoms in total. The summed E-state index contributed by atoms with van der Waals surface area (Å²) in [4.78, 5) is 29.1. The Labute approximate surface area is 105 Å². The lowest BCUT2D eigenvalue weighted by atomic mass is 9.98. The molecule has 1 aromatic rings. The maximum Gasteiger partial charge on any atom is 0.251 e. The van der Waals surface area contributed by atoms with Crippen molar-refractivity contribution in [3.63, 3.8) is 0 Å². The number of pyridine rings is 1. The van der Waals surface area contributed by atoms with Crippen molar-refractivity contribution in [1.82, 2.24) is 10.3 Å². The van der Waals surface area contributed by atoms with Gasteiger partial charge in [0.2, 0.25) is 5.91 Å². The first-order chi connectivity index (χ1) is 8.46. The van der Waals surface area contributed by atoms with Gasteiger partial charge in [-0.2, -0.15) is 0 Å². The Morgan fingerprint density at radius 3 is 2.89 bits per heavy atom. The number of carbonyl (C=O) groups is 2. The van der Waals surface area contributed by atoms with E-state index >= 15 is 0 Å². The summed E-state index contributed by atoms with van der Waals surface area (Å²) < 4.78 is 0. The minimum atomic E-state index is -0.883. The van der Waals surface area contributed by atoms with E-state index in [-0.39, 0.29) is 25.0 Å². The summed E-state index contributed by atoms with van der Waals surface area (Å²) in [6, 6.07) is 3.42. The third kappa shape index (κ3) is 1.95. The first-order valence-corrected chi connectivity index (χ1v) is 5.63. The highest BCUT2D eigenvalue weighted by Gasteiger charge is 2.42. The molecule has 0 aliphatic carbocycles. The molecule has 1 fully saturated rings. The van der Waals surface area contributed by atoms with Crippen LogP contribution in [-0.2, 0) is 16.2 Å². The highest BCUT2D eigenvalue weighted by atomic mass is 16.3. The number of aliphatic hydroxyl groups is 1. The van der Waals surface area contributed by atoms with Crippen molar-refractivity contribution in [3.05, 3.63) is 23.9 Å². The number of aliphatic hydroxyl groups excluding tert-OH is 1. The van der Waals surface area contributed by atoms with Crippen molar-refractivity contribution < 1.29 is 14.7 Å². The molecule has 0 unspecified atom stereocenters. The summed E-state index contributed by atoms with van der Waals surface area (Å²) in [6.45, 7) is 3.28. The molecule has 18 heavy (non-hydrogen) atoms. The van der Waals surface area contributed by atoms with Gasteiger partial charge in [-0.3, -0.25) is 14.9 Å². The summed E-state index contributed by atoms with van der Waals surface area (Å²) >= 11 is 0. The Bertz CT molecular complexity index is 499. The Morgan fingerprint density at radius 1 is 1.50 bits per heavy atom. The van der Waals surface area contributed by atoms with Crippen molar-refractivity contribution in [3.8, 4) is 0 Å². The molecule has 0 bridgehead atoms. The van der Waals surface area contributed by atoms with Crippen LogP contribution in [0.3, 0.4) is 0 Å². The van der Waals surface area contributed by atoms with Crippen molar-refractivity contribution >= 4 is 17.6 Å². The van der Waals surface area contributed by atoms with E-state index in [4.69, 9.17) is 0 Å². The largest absolute Gasteiger partial charge is 0.392 e. The van der Waals surface area contributed by atoms with Gasteiger partial charge >= 0.3 is 0 Å². The van der Waals surface area contributed by atoms with E-state index in [0.29, 0.717) is 11.4 Å². The molecule has 2 heterocycles. The number of anilines is 1. The maximum atomic E-state index is 11.8. The molecule has 0 radical (unpaired) electrons. The van der Waals surface area contributed by atoms with Gasteiger partial charge in [0.05, 0.1) is 13.2 Å². The molecule has 1 aliphatic rings. The Morgan fingerprint density at radius 2 is 2.22 bits per heavy atom. The molecule has 1 aromatic heterocycles. The van der Waals surface area contributed by atoms with Gasteiger partial charge in [-0.15, -0.1) is 0 Å². The fraction of sp³-hybridized carbons (Fsp3) is 0.417. The van der Waals surface area contributed by atoms with Crippen LogP contribution in [0.25, 0.3) is 0 Å². The van der Waals surface area contributed by atoms with Gasteiger partial charge in [-0.05, 0) is 19.9 Å². The van der Waals surface area contributed by atoms with Crippen LogP contribution in [-0.4, -0.2) is 34.0 Å². The van der Waals surface area contributed by atoms with Crippen LogP contribution in [0.2, 0.25) is 0 Å². The Balaban J connectivity index is 2.47. The van der Waals surface area contributed by atoms with Crippen LogP contribution in [0.5, 0.6) is 0 Å². The third-order valence-electron chi connectivity index (χ3n) is 3.08. The summed E-state index contributed by atoms with van der Waals surface area (Å²) in [5.74, 6) is -0.268. The van der Waals surface area contributed by atoms with Gasteiger partial charge in [0.15, 0.2) is 0 Å². The fourth-order valence-electron chi connectivity index (χ4n) is 1.92. The summed E-state index contributed by atoms with van der Waals surface area (Å²) in [5.41, 5.74) is -0.292. The molecule has 0 aromatic carbocycles. The predicted octanol–water partition coefficient (Wildman–Crippen LogP) is -0.185. The van der Waals surface area contributed by atoms with Crippen LogP contribution >= 0.6 is 0 Å². The Hall–Kier alpha value is -1.95. The zero-order valence-corrected chi connectivity index (χ0v) is 10.3. The molecule has 2 N–H and O–H groups in total. The van der Waals surface area contributed by atoms with E-state index in [2.05, 4.69) is 10.3 Å². The van der Waals surface area contributed by atoms with E-state index in [1.54, 1.807) is 37.1 Å². The normalized spacial score (nSPS) is 18.7. The third-order valence-corrected chi connectivity index (χ3v) is 3.08. The standard InChI is InChI=1S/C12H15N3O3/c1-12(2)11(18)14-9(17)6-15(12)10-8(7-16)4-3-5-13-10/h3-5,16H,6-7H2,1-2H3,(H,14,17,18). The van der Waals surface area contributed by atoms with E-state index in [0.717, 1.165) is 0 Å². The van der Waals surface area contributed by atoms with Gasteiger partial charge in [0.1, 0.15) is 11.4 Å². The lowest BCUT2D eigenvalue weighted by Gasteiger charge is -2.41. The number of aromatic nitrogens is 1. The average molecular weight is 249 g/mol. The number of nitrogens with one attached hydrogen (secondary N) is 1. The van der Waals surface area contributed by atoms with E-state index < -0.39 is 5.54 Å². The fourth-order valence-corrected chi connectivity index (χ4v) is 1.92. The van der Waals surface area contributed by atoms with Crippen LogP contribution in [0.15, 0.2) is 18.3 Å². The number of rotatable bonds is 2. The zero-order valence-electron chi connectivity index (χ0n) is 10.3. The topological polar surface area (TPSA) is 82.5 Å². The van der Waals surface area contributed by atoms with Gasteiger partial charge in [0.25, 0.3) is 5.91 Å². The second-order valence-corrected chi connectivity index (χ2v) is 4.67. The number of amides is 2. The number of imide groups is 1. The molecule has 0 atom stereocenters. The summed E-state index contributed by atoms with van der Waals surface area (Å²) in [7, 11) is 0. The number of carbonyl (C=O) groups excluding carboxylic acids is 2. The zero-order chi connectivity index (χ0) is 13.3. The van der Waals surface area contributed by atoms with Gasteiger partial charge < -0.3 is 10.0 Å². The van der Waals surface area contributed by atoms with Gasteiger partial charge in [-0.25, -0.2) is 4.98 Å². The van der Waals surface area contributed by atoms with Gasteiger partial charge in [0, 0.05) is 11.8 Å². The number of nitrogens with zero attached hydrogens (tertiary/aromatic N) is 2. The van der Waals surface area contributed by atoms with Crippen molar-refractivity contribution in [1.29, 1.82) is 0 Å². The van der Waals surface area contributed by atoms with Crippen molar-refractivity contribution in [2.75, 3.05) is 11.4 Å². The van der Waals surface area contributed by atoms with Crippen LogP contribution in [0.4, 0.5) is 5.82 Å². The highest BCUT2D eigenvalue weighted by molar-refractivity contribution is 6.06. The molecule has 96 valence electrons. The van der Waals surface area contributed by atoms with Crippen molar-refractivity contribution in [2.45, 2.75) is 26.0 Å². The quantitative estimate of drug-likeness (QED) is 0.710. The summed E-state index contributed by atoms with van der Waals surface area (Å²) in [5, 5.41) is 11.6. The molecular weight excluding hydrogens is 234 g/mol. The number of hydrogen-bond acceptors (Lipinski definition) is 5. The molecule has 2 rings (SSSR count). The molecule has 1 saturated heterocycles. The monoisotopic (exact) mass is 249 g/mol. The first-order valence-electron chi connectivity index (χ1n) is 5.63. The SMILES string of the molecule is CC1(C)C(=O)NC(=O)CN1c1ncccc1CO. The minimum Gasteiger partial charge on any atom is -0.392 e. The minimum absolute atomic E-state index is 0.0444.